The summed E-state index contributed by atoms with van der Waals surface area (Å²) >= 11 is 6.53. The molecule has 186 valence electrons. The molecule has 0 aliphatic rings. The van der Waals surface area contributed by atoms with E-state index in [-0.39, 0.29) is 6.03 Å². The second-order valence-corrected chi connectivity index (χ2v) is 8.51. The van der Waals surface area contributed by atoms with Crippen molar-refractivity contribution in [3.63, 3.8) is 0 Å². The molecular weight excluding hydrogens is 478 g/mol. The Kier molecular flexibility index (Phi) is 8.13. The quantitative estimate of drug-likeness (QED) is 0.274. The van der Waals surface area contributed by atoms with E-state index in [1.54, 1.807) is 32.3 Å². The number of nitrogens with zero attached hydrogens (tertiary/aromatic N) is 2. The van der Waals surface area contributed by atoms with Crippen molar-refractivity contribution in [2.75, 3.05) is 33.2 Å². The summed E-state index contributed by atoms with van der Waals surface area (Å²) in [5.74, 6) is 1.96. The second kappa shape index (κ2) is 11.6. The van der Waals surface area contributed by atoms with Crippen LogP contribution in [0.1, 0.15) is 11.1 Å². The van der Waals surface area contributed by atoms with E-state index >= 15 is 0 Å². The van der Waals surface area contributed by atoms with E-state index < -0.39 is 0 Å². The SMILES string of the molecule is COc1cccc(NC(=O)N(CCc2ccc(OC)c(OC)c2)Cc2cc3ccccc3nc2Cl)c1. The van der Waals surface area contributed by atoms with Gasteiger partial charge in [0.2, 0.25) is 0 Å². The van der Waals surface area contributed by atoms with Crippen LogP contribution in [0.15, 0.2) is 72.8 Å². The van der Waals surface area contributed by atoms with Crippen molar-refractivity contribution in [1.82, 2.24) is 9.88 Å². The van der Waals surface area contributed by atoms with Crippen LogP contribution < -0.4 is 19.5 Å². The standard InChI is InChI=1S/C28H28ClN3O4/c1-34-23-9-6-8-22(17-23)30-28(33)32(14-13-19-11-12-25(35-2)26(15-19)36-3)18-21-16-20-7-4-5-10-24(20)31-27(21)29/h4-12,15-17H,13-14,18H2,1-3H3,(H,30,33). The molecule has 4 aromatic rings. The number of hydrogen-bond acceptors (Lipinski definition) is 5. The van der Waals surface area contributed by atoms with Gasteiger partial charge < -0.3 is 24.4 Å². The van der Waals surface area contributed by atoms with Gasteiger partial charge in [0, 0.05) is 29.2 Å². The molecule has 1 heterocycles. The van der Waals surface area contributed by atoms with Crippen molar-refractivity contribution in [3.05, 3.63) is 89.1 Å². The summed E-state index contributed by atoms with van der Waals surface area (Å²) in [6.07, 6.45) is 0.602. The minimum atomic E-state index is -0.257. The van der Waals surface area contributed by atoms with Crippen LogP contribution >= 0.6 is 11.6 Å². The van der Waals surface area contributed by atoms with Gasteiger partial charge in [-0.25, -0.2) is 9.78 Å². The fourth-order valence-corrected chi connectivity index (χ4v) is 4.11. The first-order valence-corrected chi connectivity index (χ1v) is 11.8. The second-order valence-electron chi connectivity index (χ2n) is 8.15. The number of fused-ring (bicyclic) bond motifs is 1. The lowest BCUT2D eigenvalue weighted by Gasteiger charge is -2.24. The Morgan fingerprint density at radius 1 is 0.917 bits per heavy atom. The Morgan fingerprint density at radius 2 is 1.72 bits per heavy atom. The molecule has 0 spiro atoms. The summed E-state index contributed by atoms with van der Waals surface area (Å²) < 4.78 is 16.0. The van der Waals surface area contributed by atoms with Crippen molar-refractivity contribution >= 4 is 34.2 Å². The Bertz CT molecular complexity index is 1360. The van der Waals surface area contributed by atoms with Crippen LogP contribution in [-0.2, 0) is 13.0 Å². The minimum Gasteiger partial charge on any atom is -0.497 e. The lowest BCUT2D eigenvalue weighted by molar-refractivity contribution is 0.209. The molecule has 0 unspecified atom stereocenters. The molecule has 2 amide bonds. The average molecular weight is 506 g/mol. The highest BCUT2D eigenvalue weighted by Gasteiger charge is 2.18. The minimum absolute atomic E-state index is 0.257. The summed E-state index contributed by atoms with van der Waals surface area (Å²) in [6, 6.07) is 22.5. The fourth-order valence-electron chi connectivity index (χ4n) is 3.91. The van der Waals surface area contributed by atoms with E-state index in [0.29, 0.717) is 47.6 Å². The number of carbonyl (C=O) groups excluding carboxylic acids is 1. The van der Waals surface area contributed by atoms with Crippen LogP contribution in [0.4, 0.5) is 10.5 Å². The first-order valence-electron chi connectivity index (χ1n) is 11.5. The molecule has 3 aromatic carbocycles. The molecular formula is C28H28ClN3O4. The lowest BCUT2D eigenvalue weighted by atomic mass is 10.1. The highest BCUT2D eigenvalue weighted by Crippen LogP contribution is 2.28. The number of benzene rings is 3. The number of methoxy groups -OCH3 is 3. The van der Waals surface area contributed by atoms with E-state index in [2.05, 4.69) is 10.3 Å². The van der Waals surface area contributed by atoms with Gasteiger partial charge in [-0.2, -0.15) is 0 Å². The number of para-hydroxylation sites is 1. The van der Waals surface area contributed by atoms with Gasteiger partial charge in [0.05, 0.1) is 33.4 Å². The van der Waals surface area contributed by atoms with Gasteiger partial charge in [-0.15, -0.1) is 0 Å². The largest absolute Gasteiger partial charge is 0.497 e. The molecule has 1 aromatic heterocycles. The smallest absolute Gasteiger partial charge is 0.322 e. The number of carbonyl (C=O) groups is 1. The number of urea groups is 1. The number of aromatic nitrogens is 1. The van der Waals surface area contributed by atoms with Crippen LogP contribution in [0.5, 0.6) is 17.2 Å². The molecule has 7 nitrogen and oxygen atoms in total. The molecule has 0 radical (unpaired) electrons. The summed E-state index contributed by atoms with van der Waals surface area (Å²) in [7, 11) is 4.79. The van der Waals surface area contributed by atoms with E-state index in [0.717, 1.165) is 22.0 Å². The first-order chi connectivity index (χ1) is 17.5. The topological polar surface area (TPSA) is 72.9 Å². The molecule has 8 heteroatoms. The maximum absolute atomic E-state index is 13.4. The van der Waals surface area contributed by atoms with Gasteiger partial charge in [-0.3, -0.25) is 0 Å². The van der Waals surface area contributed by atoms with E-state index in [9.17, 15) is 4.79 Å². The van der Waals surface area contributed by atoms with Crippen molar-refractivity contribution < 1.29 is 19.0 Å². The Balaban J connectivity index is 1.59. The third-order valence-electron chi connectivity index (χ3n) is 5.84. The van der Waals surface area contributed by atoms with Gasteiger partial charge in [0.25, 0.3) is 0 Å². The maximum Gasteiger partial charge on any atom is 0.322 e. The third-order valence-corrected chi connectivity index (χ3v) is 6.17. The summed E-state index contributed by atoms with van der Waals surface area (Å²) in [6.45, 7) is 0.730. The van der Waals surface area contributed by atoms with E-state index in [1.807, 2.05) is 66.7 Å². The van der Waals surface area contributed by atoms with E-state index in [4.69, 9.17) is 25.8 Å². The Morgan fingerprint density at radius 3 is 2.50 bits per heavy atom. The van der Waals surface area contributed by atoms with Gasteiger partial charge in [0.1, 0.15) is 10.9 Å². The first kappa shape index (κ1) is 25.1. The number of pyridine rings is 1. The zero-order valence-corrected chi connectivity index (χ0v) is 21.2. The normalized spacial score (nSPS) is 10.7. The number of anilines is 1. The van der Waals surface area contributed by atoms with Gasteiger partial charge in [-0.05, 0) is 48.4 Å². The number of amides is 2. The van der Waals surface area contributed by atoms with Crippen LogP contribution in [0.3, 0.4) is 0 Å². The fraction of sp³-hybridized carbons (Fsp3) is 0.214. The van der Waals surface area contributed by atoms with Crippen LogP contribution in [0.25, 0.3) is 10.9 Å². The predicted octanol–water partition coefficient (Wildman–Crippen LogP) is 6.19. The van der Waals surface area contributed by atoms with Crippen LogP contribution in [0.2, 0.25) is 5.15 Å². The zero-order valence-electron chi connectivity index (χ0n) is 20.5. The van der Waals surface area contributed by atoms with Gasteiger partial charge >= 0.3 is 6.03 Å². The molecule has 36 heavy (non-hydrogen) atoms. The number of hydrogen-bond donors (Lipinski definition) is 1. The monoisotopic (exact) mass is 505 g/mol. The van der Waals surface area contributed by atoms with Crippen molar-refractivity contribution in [2.45, 2.75) is 13.0 Å². The molecule has 0 atom stereocenters. The number of rotatable bonds is 9. The molecule has 0 saturated heterocycles. The highest BCUT2D eigenvalue weighted by atomic mass is 35.5. The lowest BCUT2D eigenvalue weighted by Crippen LogP contribution is -2.36. The number of halogens is 1. The molecule has 0 fully saturated rings. The molecule has 4 rings (SSSR count). The summed E-state index contributed by atoms with van der Waals surface area (Å²) in [5, 5.41) is 4.31. The van der Waals surface area contributed by atoms with Crippen molar-refractivity contribution in [1.29, 1.82) is 0 Å². The molecule has 0 bridgehead atoms. The van der Waals surface area contributed by atoms with Crippen molar-refractivity contribution in [3.8, 4) is 17.2 Å². The summed E-state index contributed by atoms with van der Waals surface area (Å²) in [5.41, 5.74) is 3.22. The van der Waals surface area contributed by atoms with Gasteiger partial charge in [-0.1, -0.05) is 41.9 Å². The average Bonchev–Trinajstić information content (AvgIpc) is 2.91. The molecule has 0 saturated carbocycles. The Hall–Kier alpha value is -3.97. The van der Waals surface area contributed by atoms with Crippen LogP contribution in [-0.4, -0.2) is 43.8 Å². The highest BCUT2D eigenvalue weighted by molar-refractivity contribution is 6.30. The van der Waals surface area contributed by atoms with Gasteiger partial charge in [0.15, 0.2) is 11.5 Å². The summed E-state index contributed by atoms with van der Waals surface area (Å²) in [4.78, 5) is 19.6. The third kappa shape index (κ3) is 5.98. The number of nitrogens with one attached hydrogen (secondary N) is 1. The zero-order chi connectivity index (χ0) is 25.5. The van der Waals surface area contributed by atoms with Crippen molar-refractivity contribution in [2.24, 2.45) is 0 Å². The van der Waals surface area contributed by atoms with Crippen LogP contribution in [0, 0.1) is 0 Å². The maximum atomic E-state index is 13.4. The molecule has 1 N–H and O–H groups in total. The number of ether oxygens (including phenoxy) is 3. The van der Waals surface area contributed by atoms with E-state index in [1.165, 1.54) is 0 Å². The Labute approximate surface area is 215 Å². The predicted molar refractivity (Wildman–Crippen MR) is 142 cm³/mol. The molecule has 0 aliphatic heterocycles. The molecule has 0 aliphatic carbocycles.